The van der Waals surface area contributed by atoms with Gasteiger partial charge < -0.3 is 26.1 Å². The minimum atomic E-state index is -1.24. The number of thiazole rings is 1. The van der Waals surface area contributed by atoms with Gasteiger partial charge in [0.1, 0.15) is 29.4 Å². The number of hydrogen-bond acceptors (Lipinski definition) is 14. The summed E-state index contributed by atoms with van der Waals surface area (Å²) in [6.45, 7) is -0.465. The van der Waals surface area contributed by atoms with E-state index in [0.717, 1.165) is 11.3 Å². The van der Waals surface area contributed by atoms with Gasteiger partial charge in [0, 0.05) is 23.9 Å². The van der Waals surface area contributed by atoms with Gasteiger partial charge in [0.15, 0.2) is 10.8 Å². The van der Waals surface area contributed by atoms with Crippen LogP contribution in [0.4, 0.5) is 5.13 Å². The van der Waals surface area contributed by atoms with Crippen LogP contribution in [-0.2, 0) is 26.3 Å². The number of carboxylic acids is 1. The first kappa shape index (κ1) is 24.9. The molecule has 18 heteroatoms. The number of hydrogen-bond donors (Lipinski definition) is 4. The molecule has 1 unspecified atom stereocenters. The second kappa shape index (κ2) is 10.6. The van der Waals surface area contributed by atoms with Crippen LogP contribution in [0.25, 0.3) is 0 Å². The maximum absolute atomic E-state index is 12.9. The lowest BCUT2D eigenvalue weighted by molar-refractivity contribution is -0.150. The zero-order chi connectivity index (χ0) is 25.1. The Morgan fingerprint density at radius 2 is 2.26 bits per heavy atom. The van der Waals surface area contributed by atoms with E-state index in [4.69, 9.17) is 15.7 Å². The Bertz CT molecular complexity index is 1210. The largest absolute Gasteiger partial charge is 0.477 e. The highest BCUT2D eigenvalue weighted by molar-refractivity contribution is 8.01. The third-order valence-electron chi connectivity index (χ3n) is 4.81. The molecule has 186 valence electrons. The fourth-order valence-electron chi connectivity index (χ4n) is 3.25. The molecule has 4 rings (SSSR count). The van der Waals surface area contributed by atoms with E-state index < -0.39 is 29.2 Å². The number of anilines is 1. The molecule has 0 aliphatic carbocycles. The number of nitrogen functional groups attached to an aromatic ring is 1. The van der Waals surface area contributed by atoms with Crippen molar-refractivity contribution in [2.45, 2.75) is 16.6 Å². The summed E-state index contributed by atoms with van der Waals surface area (Å²) in [5.74, 6) is -1.93. The highest BCUT2D eigenvalue weighted by Gasteiger charge is 2.54. The smallest absolute Gasteiger partial charge is 0.352 e. The van der Waals surface area contributed by atoms with Crippen molar-refractivity contribution in [3.63, 3.8) is 0 Å². The molecule has 0 spiro atoms. The Morgan fingerprint density at radius 1 is 1.46 bits per heavy atom. The summed E-state index contributed by atoms with van der Waals surface area (Å²) in [7, 11) is 1.67. The summed E-state index contributed by atoms with van der Waals surface area (Å²) < 4.78 is 1.46. The molecule has 2 aliphatic heterocycles. The molecule has 0 bridgehead atoms. The average Bonchev–Trinajstić information content (AvgIpc) is 3.45. The lowest BCUT2D eigenvalue weighted by atomic mass is 10.0. The molecule has 4 heterocycles. The number of amides is 2. The molecule has 35 heavy (non-hydrogen) atoms. The van der Waals surface area contributed by atoms with E-state index in [1.165, 1.54) is 38.5 Å². The number of aliphatic hydroxyl groups is 1. The van der Waals surface area contributed by atoms with Crippen LogP contribution in [0, 0.1) is 0 Å². The van der Waals surface area contributed by atoms with Crippen molar-refractivity contribution >= 4 is 63.5 Å². The molecular weight excluding hydrogens is 522 g/mol. The number of nitrogens with two attached hydrogens (primary N) is 1. The van der Waals surface area contributed by atoms with Crippen LogP contribution in [0.2, 0.25) is 0 Å². The Kier molecular flexibility index (Phi) is 7.53. The lowest BCUT2D eigenvalue weighted by Gasteiger charge is -2.49. The summed E-state index contributed by atoms with van der Waals surface area (Å²) in [4.78, 5) is 48.0. The van der Waals surface area contributed by atoms with Crippen LogP contribution >= 0.6 is 34.9 Å². The van der Waals surface area contributed by atoms with Gasteiger partial charge in [-0.15, -0.1) is 28.2 Å². The highest BCUT2D eigenvalue weighted by Crippen LogP contribution is 2.41. The van der Waals surface area contributed by atoms with Gasteiger partial charge in [-0.05, 0) is 16.0 Å². The molecule has 0 aromatic carbocycles. The highest BCUT2D eigenvalue weighted by atomic mass is 32.2. The topological polar surface area (TPSA) is 211 Å². The van der Waals surface area contributed by atoms with E-state index in [-0.39, 0.29) is 41.2 Å². The molecule has 0 saturated carbocycles. The van der Waals surface area contributed by atoms with E-state index in [2.05, 4.69) is 31.0 Å². The molecule has 15 nitrogen and oxygen atoms in total. The van der Waals surface area contributed by atoms with Gasteiger partial charge in [-0.25, -0.2) is 14.5 Å². The summed E-state index contributed by atoms with van der Waals surface area (Å²) >= 11 is 3.67. The molecule has 2 aromatic heterocycles. The van der Waals surface area contributed by atoms with Crippen molar-refractivity contribution in [1.29, 1.82) is 0 Å². The van der Waals surface area contributed by atoms with E-state index in [1.54, 1.807) is 7.05 Å². The zero-order valence-electron chi connectivity index (χ0n) is 18.0. The van der Waals surface area contributed by atoms with Crippen molar-refractivity contribution in [1.82, 2.24) is 35.4 Å². The third kappa shape index (κ3) is 5.09. The number of carbonyl (C=O) groups is 3. The Morgan fingerprint density at radius 3 is 2.89 bits per heavy atom. The first-order chi connectivity index (χ1) is 16.8. The number of fused-ring (bicyclic) bond motifs is 1. The SMILES string of the molecule is Cn1nnnc1SCC1=C(C(=O)O)N2C(=O)C(NC(=O)C(=NOCCO)c3csc(N)n3)[C@@H]2SC1. The van der Waals surface area contributed by atoms with E-state index in [1.807, 2.05) is 0 Å². The number of nitrogens with zero attached hydrogens (tertiary/aromatic N) is 7. The third-order valence-corrected chi connectivity index (χ3v) is 7.92. The number of oxime groups is 1. The molecule has 2 aromatic rings. The van der Waals surface area contributed by atoms with Gasteiger partial charge in [-0.2, -0.15) is 0 Å². The minimum Gasteiger partial charge on any atom is -0.477 e. The Balaban J connectivity index is 1.49. The molecule has 1 fully saturated rings. The summed E-state index contributed by atoms with van der Waals surface area (Å²) in [6, 6.07) is -0.974. The molecule has 2 aliphatic rings. The number of carbonyl (C=O) groups excluding carboxylic acids is 2. The van der Waals surface area contributed by atoms with Gasteiger partial charge in [0.05, 0.1) is 6.61 Å². The number of thioether (sulfide) groups is 2. The quantitative estimate of drug-likeness (QED) is 0.0887. The fraction of sp³-hybridized carbons (Fsp3) is 0.412. The maximum atomic E-state index is 12.9. The number of rotatable bonds is 10. The summed E-state index contributed by atoms with van der Waals surface area (Å²) in [5, 5.41) is 37.8. The zero-order valence-corrected chi connectivity index (χ0v) is 20.5. The van der Waals surface area contributed by atoms with Crippen LogP contribution in [0.5, 0.6) is 0 Å². The van der Waals surface area contributed by atoms with Crippen molar-refractivity contribution in [3.8, 4) is 0 Å². The number of β-lactam (4-membered cyclic amide) rings is 1. The predicted molar refractivity (Wildman–Crippen MR) is 125 cm³/mol. The Hall–Kier alpha value is -3.22. The second-order valence-electron chi connectivity index (χ2n) is 7.06. The van der Waals surface area contributed by atoms with Gasteiger partial charge in [0.25, 0.3) is 11.8 Å². The number of nitrogens with one attached hydrogen (secondary N) is 1. The fourth-order valence-corrected chi connectivity index (χ4v) is 6.13. The number of aryl methyl sites for hydroxylation is 1. The van der Waals surface area contributed by atoms with Crippen molar-refractivity contribution in [2.24, 2.45) is 12.2 Å². The summed E-state index contributed by atoms with van der Waals surface area (Å²) in [6.07, 6.45) is 0. The maximum Gasteiger partial charge on any atom is 0.352 e. The van der Waals surface area contributed by atoms with Crippen LogP contribution in [0.3, 0.4) is 0 Å². The molecule has 2 amide bonds. The van der Waals surface area contributed by atoms with Gasteiger partial charge in [0.2, 0.25) is 5.16 Å². The first-order valence-corrected chi connectivity index (χ1v) is 12.8. The molecule has 1 saturated heterocycles. The Labute approximate surface area is 209 Å². The van der Waals surface area contributed by atoms with Crippen molar-refractivity contribution < 1.29 is 29.4 Å². The number of aromatic nitrogens is 5. The van der Waals surface area contributed by atoms with Gasteiger partial charge in [-0.3, -0.25) is 14.5 Å². The van der Waals surface area contributed by atoms with E-state index in [9.17, 15) is 19.5 Å². The van der Waals surface area contributed by atoms with Gasteiger partial charge >= 0.3 is 5.97 Å². The van der Waals surface area contributed by atoms with E-state index >= 15 is 0 Å². The predicted octanol–water partition coefficient (Wildman–Crippen LogP) is -1.51. The summed E-state index contributed by atoms with van der Waals surface area (Å²) in [5.41, 5.74) is 6.00. The second-order valence-corrected chi connectivity index (χ2v) is 10.00. The van der Waals surface area contributed by atoms with Crippen molar-refractivity contribution in [2.75, 3.05) is 30.5 Å². The van der Waals surface area contributed by atoms with Crippen LogP contribution in [0.1, 0.15) is 5.69 Å². The molecular formula is C17H19N9O6S3. The van der Waals surface area contributed by atoms with Crippen LogP contribution in [0.15, 0.2) is 27.0 Å². The number of aliphatic carboxylic acids is 1. The number of tetrazole rings is 1. The number of carboxylic acid groups (broad SMARTS) is 1. The average molecular weight is 542 g/mol. The first-order valence-electron chi connectivity index (χ1n) is 9.90. The molecule has 0 radical (unpaired) electrons. The molecule has 2 atom stereocenters. The minimum absolute atomic E-state index is 0.112. The normalized spacial score (nSPS) is 19.9. The lowest BCUT2D eigenvalue weighted by Crippen LogP contribution is -2.71. The molecule has 5 N–H and O–H groups in total. The van der Waals surface area contributed by atoms with Crippen LogP contribution in [-0.4, -0.2) is 99.9 Å². The number of aliphatic hydroxyl groups excluding tert-OH is 1. The standard InChI is InChI=1S/C17H19N9O6S3/c1-25-17(21-23-24-25)35-5-7-4-33-14-10(13(29)26(14)11(7)15(30)31)20-12(28)9(22-32-3-2-27)8-6-34-16(18)19-8/h6,10,14,27H,2-5H2,1H3,(H2,18,19)(H,20,28)(H,30,31)/t10?,14-/m0/s1. The monoisotopic (exact) mass is 541 g/mol. The van der Waals surface area contributed by atoms with Crippen molar-refractivity contribution in [3.05, 3.63) is 22.3 Å². The van der Waals surface area contributed by atoms with Crippen LogP contribution < -0.4 is 11.1 Å². The van der Waals surface area contributed by atoms with Gasteiger partial charge in [-0.1, -0.05) is 16.9 Å². The van der Waals surface area contributed by atoms with E-state index in [0.29, 0.717) is 16.5 Å².